The van der Waals surface area contributed by atoms with Gasteiger partial charge >= 0.3 is 12.1 Å². The Hall–Kier alpha value is -1.38. The average molecular weight is 283 g/mol. The first kappa shape index (κ1) is 14.7. The Morgan fingerprint density at radius 3 is 2.50 bits per heavy atom. The maximum Gasteiger partial charge on any atom is 0.452 e. The Morgan fingerprint density at radius 2 is 2.06 bits per heavy atom. The molecule has 2 N–H and O–H groups in total. The summed E-state index contributed by atoms with van der Waals surface area (Å²) in [4.78, 5) is 13.7. The fourth-order valence-electron chi connectivity index (χ4n) is 1.16. The van der Waals surface area contributed by atoms with E-state index in [9.17, 15) is 18.0 Å². The molecule has 0 saturated carbocycles. The molecule has 9 heteroatoms. The zero-order chi connectivity index (χ0) is 14.0. The van der Waals surface area contributed by atoms with E-state index in [2.05, 4.69) is 14.7 Å². The summed E-state index contributed by atoms with van der Waals surface area (Å²) in [6.45, 7) is 3.37. The first-order valence-corrected chi connectivity index (χ1v) is 5.78. The van der Waals surface area contributed by atoms with Crippen molar-refractivity contribution in [2.45, 2.75) is 38.4 Å². The number of nitrogens with zero attached hydrogens (tertiary/aromatic N) is 2. The van der Waals surface area contributed by atoms with Crippen LogP contribution in [-0.2, 0) is 11.0 Å². The van der Waals surface area contributed by atoms with E-state index >= 15 is 0 Å². The minimum Gasteiger partial charge on any atom is -0.481 e. The summed E-state index contributed by atoms with van der Waals surface area (Å²) >= 11 is 0.598. The van der Waals surface area contributed by atoms with E-state index < -0.39 is 23.5 Å². The third-order valence-corrected chi connectivity index (χ3v) is 2.72. The minimum absolute atomic E-state index is 0.0257. The molecule has 102 valence electrons. The molecule has 0 bridgehead atoms. The number of aliphatic carboxylic acids is 1. The number of alkyl halides is 3. The average Bonchev–Trinajstić information content (AvgIpc) is 2.62. The normalized spacial score (nSPS) is 12.5. The zero-order valence-electron chi connectivity index (χ0n) is 9.71. The molecule has 0 spiro atoms. The Morgan fingerprint density at radius 1 is 1.44 bits per heavy atom. The summed E-state index contributed by atoms with van der Waals surface area (Å²) in [5, 5.41) is 11.3. The predicted molar refractivity (Wildman–Crippen MR) is 59.5 cm³/mol. The predicted octanol–water partition coefficient (Wildman–Crippen LogP) is 2.61. The van der Waals surface area contributed by atoms with Crippen LogP contribution < -0.4 is 5.32 Å². The molecule has 0 aromatic carbocycles. The van der Waals surface area contributed by atoms with Gasteiger partial charge in [0.1, 0.15) is 0 Å². The molecule has 0 amide bonds. The molecule has 0 saturated heterocycles. The molecule has 1 rings (SSSR count). The van der Waals surface area contributed by atoms with Crippen molar-refractivity contribution in [1.82, 2.24) is 9.36 Å². The first-order chi connectivity index (χ1) is 8.10. The number of carbonyl (C=O) groups is 1. The molecule has 0 radical (unpaired) electrons. The number of carboxylic acids is 1. The fourth-order valence-corrected chi connectivity index (χ4v) is 1.93. The van der Waals surface area contributed by atoms with E-state index in [1.807, 2.05) is 0 Å². The van der Waals surface area contributed by atoms with Crippen LogP contribution in [0.5, 0.6) is 0 Å². The number of anilines is 1. The fraction of sp³-hybridized carbons (Fsp3) is 0.667. The molecular weight excluding hydrogens is 271 g/mol. The van der Waals surface area contributed by atoms with Crippen molar-refractivity contribution in [1.29, 1.82) is 0 Å². The molecule has 0 fully saturated rings. The number of halogens is 3. The summed E-state index contributed by atoms with van der Waals surface area (Å²) in [5.74, 6) is -2.15. The Bertz CT molecular complexity index is 431. The Balaban J connectivity index is 2.66. The highest BCUT2D eigenvalue weighted by Gasteiger charge is 2.36. The van der Waals surface area contributed by atoms with Gasteiger partial charge in [0, 0.05) is 23.5 Å². The molecule has 0 aliphatic rings. The third kappa shape index (κ3) is 4.47. The maximum atomic E-state index is 12.3. The summed E-state index contributed by atoms with van der Waals surface area (Å²) < 4.78 is 40.0. The van der Waals surface area contributed by atoms with E-state index in [4.69, 9.17) is 5.11 Å². The van der Waals surface area contributed by atoms with Crippen LogP contribution in [0.1, 0.15) is 32.5 Å². The largest absolute Gasteiger partial charge is 0.481 e. The summed E-state index contributed by atoms with van der Waals surface area (Å²) in [6.07, 6.45) is -4.38. The highest BCUT2D eigenvalue weighted by atomic mass is 32.1. The molecule has 0 atom stereocenters. The van der Waals surface area contributed by atoms with Crippen molar-refractivity contribution < 1.29 is 23.1 Å². The van der Waals surface area contributed by atoms with Crippen LogP contribution in [0.4, 0.5) is 18.3 Å². The van der Waals surface area contributed by atoms with Crippen LogP contribution >= 0.6 is 11.5 Å². The van der Waals surface area contributed by atoms with Crippen molar-refractivity contribution in [2.75, 3.05) is 5.32 Å². The summed E-state index contributed by atoms with van der Waals surface area (Å²) in [7, 11) is 0. The molecule has 1 heterocycles. The monoisotopic (exact) mass is 283 g/mol. The van der Waals surface area contributed by atoms with Crippen molar-refractivity contribution in [3.05, 3.63) is 5.82 Å². The molecule has 0 unspecified atom stereocenters. The van der Waals surface area contributed by atoms with E-state index in [1.165, 1.54) is 0 Å². The van der Waals surface area contributed by atoms with Crippen LogP contribution in [0.15, 0.2) is 0 Å². The number of hydrogen-bond acceptors (Lipinski definition) is 5. The molecule has 0 aliphatic carbocycles. The van der Waals surface area contributed by atoms with Crippen molar-refractivity contribution in [3.63, 3.8) is 0 Å². The molecule has 5 nitrogen and oxygen atoms in total. The molecule has 18 heavy (non-hydrogen) atoms. The molecule has 0 aliphatic heterocycles. The van der Waals surface area contributed by atoms with Gasteiger partial charge in [0.25, 0.3) is 0 Å². The molecular formula is C9H12F3N3O2S. The Kier molecular flexibility index (Phi) is 4.15. The summed E-state index contributed by atoms with van der Waals surface area (Å²) in [5.41, 5.74) is -0.666. The van der Waals surface area contributed by atoms with E-state index in [1.54, 1.807) is 13.8 Å². The number of hydrogen-bond donors (Lipinski definition) is 2. The lowest BCUT2D eigenvalue weighted by Crippen LogP contribution is -2.31. The van der Waals surface area contributed by atoms with Crippen LogP contribution in [0.3, 0.4) is 0 Å². The van der Waals surface area contributed by atoms with Crippen LogP contribution in [0.25, 0.3) is 0 Å². The van der Waals surface area contributed by atoms with Gasteiger partial charge in [0.05, 0.1) is 0 Å². The van der Waals surface area contributed by atoms with Gasteiger partial charge in [-0.15, -0.1) is 0 Å². The van der Waals surface area contributed by atoms with Crippen molar-refractivity contribution in [3.8, 4) is 0 Å². The Labute approximate surface area is 105 Å². The van der Waals surface area contributed by atoms with Crippen LogP contribution in [0, 0.1) is 0 Å². The lowest BCUT2D eigenvalue weighted by atomic mass is 9.99. The summed E-state index contributed by atoms with van der Waals surface area (Å²) in [6, 6.07) is 0. The number of rotatable bonds is 5. The van der Waals surface area contributed by atoms with Gasteiger partial charge in [-0.05, 0) is 20.3 Å². The second kappa shape index (κ2) is 5.09. The highest BCUT2D eigenvalue weighted by Crippen LogP contribution is 2.30. The van der Waals surface area contributed by atoms with Gasteiger partial charge in [-0.3, -0.25) is 4.79 Å². The second-order valence-electron chi connectivity index (χ2n) is 4.32. The third-order valence-electron chi connectivity index (χ3n) is 2.09. The lowest BCUT2D eigenvalue weighted by molar-refractivity contribution is -0.144. The standard InChI is InChI=1S/C9H12F3N3O2S/c1-8(2,4-3-5(16)17)14-7-13-6(15-18-7)9(10,11)12/h3-4H2,1-2H3,(H,16,17)(H,13,14,15). The number of nitrogens with one attached hydrogen (secondary N) is 1. The van der Waals surface area contributed by atoms with Crippen molar-refractivity contribution in [2.24, 2.45) is 0 Å². The van der Waals surface area contributed by atoms with Gasteiger partial charge < -0.3 is 10.4 Å². The quantitative estimate of drug-likeness (QED) is 0.868. The topological polar surface area (TPSA) is 75.1 Å². The zero-order valence-corrected chi connectivity index (χ0v) is 10.5. The maximum absolute atomic E-state index is 12.3. The van der Waals surface area contributed by atoms with Crippen molar-refractivity contribution >= 4 is 22.6 Å². The van der Waals surface area contributed by atoms with E-state index in [0.29, 0.717) is 11.5 Å². The molecule has 1 aromatic rings. The van der Waals surface area contributed by atoms with Gasteiger partial charge in [0.2, 0.25) is 11.0 Å². The number of carboxylic acid groups (broad SMARTS) is 1. The van der Waals surface area contributed by atoms with Gasteiger partial charge in [0.15, 0.2) is 0 Å². The van der Waals surface area contributed by atoms with Gasteiger partial charge in [-0.1, -0.05) is 0 Å². The van der Waals surface area contributed by atoms with E-state index in [0.717, 1.165) is 0 Å². The second-order valence-corrected chi connectivity index (χ2v) is 5.08. The van der Waals surface area contributed by atoms with Gasteiger partial charge in [-0.25, -0.2) is 0 Å². The lowest BCUT2D eigenvalue weighted by Gasteiger charge is -2.24. The number of aromatic nitrogens is 2. The first-order valence-electron chi connectivity index (χ1n) is 5.01. The van der Waals surface area contributed by atoms with E-state index in [-0.39, 0.29) is 18.0 Å². The minimum atomic E-state index is -4.57. The van der Waals surface area contributed by atoms with Crippen LogP contribution in [0.2, 0.25) is 0 Å². The van der Waals surface area contributed by atoms with Gasteiger partial charge in [-0.2, -0.15) is 22.5 Å². The SMILES string of the molecule is CC(C)(CCC(=O)O)Nc1nc(C(F)(F)F)ns1. The van der Waals surface area contributed by atoms with Crippen LogP contribution in [-0.4, -0.2) is 26.0 Å². The smallest absolute Gasteiger partial charge is 0.452 e. The molecule has 1 aromatic heterocycles. The highest BCUT2D eigenvalue weighted by molar-refractivity contribution is 7.09.